The number of H-pyrrole nitrogens is 2. The second kappa shape index (κ2) is 14.8. The number of fused-ring (bicyclic) bond motifs is 1. The Bertz CT molecular complexity index is 2650. The molecule has 4 aromatic carbocycles. The molecule has 7 aromatic rings. The van der Waals surface area contributed by atoms with Crippen LogP contribution in [-0.4, -0.2) is 47.6 Å². The minimum absolute atomic E-state index is 0.0118. The quantitative estimate of drug-likeness (QED) is 0.115. The summed E-state index contributed by atoms with van der Waals surface area (Å²) in [5.41, 5.74) is -1.05. The smallest absolute Gasteiger partial charge is 0.399 e. The van der Waals surface area contributed by atoms with Crippen molar-refractivity contribution in [2.24, 2.45) is 0 Å². The van der Waals surface area contributed by atoms with E-state index in [1.54, 1.807) is 71.7 Å². The van der Waals surface area contributed by atoms with Crippen molar-refractivity contribution < 1.29 is 35.7 Å². The topological polar surface area (TPSA) is 132 Å². The van der Waals surface area contributed by atoms with E-state index in [0.29, 0.717) is 39.8 Å². The third-order valence-corrected chi connectivity index (χ3v) is 9.95. The fourth-order valence-electron chi connectivity index (χ4n) is 6.17. The number of hydrogen-bond acceptors (Lipinski definition) is 7. The molecule has 18 heteroatoms. The predicted octanol–water partition coefficient (Wildman–Crippen LogP) is 8.02. The largest absolute Gasteiger partial charge is 0.494 e. The van der Waals surface area contributed by atoms with Crippen LogP contribution in [0.3, 0.4) is 0 Å². The molecule has 1 saturated heterocycles. The van der Waals surface area contributed by atoms with Gasteiger partial charge in [-0.2, -0.15) is 26.3 Å². The maximum atomic E-state index is 13.3. The number of imidazole rings is 2. The molecule has 0 bridgehead atoms. The van der Waals surface area contributed by atoms with Gasteiger partial charge in [0, 0.05) is 46.8 Å². The first-order chi connectivity index (χ1) is 27.3. The number of rotatable bonds is 6. The molecular weight excluding hydrogens is 767 g/mol. The Morgan fingerprint density at radius 2 is 1.14 bits per heavy atom. The van der Waals surface area contributed by atoms with Gasteiger partial charge in [0.25, 0.3) is 0 Å². The normalized spacial score (nSPS) is 15.0. The Kier molecular flexibility index (Phi) is 10.2. The van der Waals surface area contributed by atoms with E-state index in [2.05, 4.69) is 25.5 Å². The van der Waals surface area contributed by atoms with Gasteiger partial charge in [-0.05, 0) is 75.6 Å². The average molecular weight is 802 g/mol. The second-order valence-corrected chi connectivity index (χ2v) is 14.4. The Labute approximate surface area is 326 Å². The molecule has 298 valence electrons. The highest BCUT2D eigenvalue weighted by atomic mass is 19.4. The molecule has 1 aliphatic heterocycles. The zero-order chi connectivity index (χ0) is 41.6. The van der Waals surface area contributed by atoms with Crippen LogP contribution in [0, 0.1) is 0 Å². The highest BCUT2D eigenvalue weighted by molar-refractivity contribution is 6.62. The monoisotopic (exact) mass is 801 g/mol. The van der Waals surface area contributed by atoms with E-state index >= 15 is 0 Å². The van der Waals surface area contributed by atoms with Gasteiger partial charge >= 0.3 is 30.9 Å². The molecule has 0 radical (unpaired) electrons. The van der Waals surface area contributed by atoms with Crippen LogP contribution in [0.25, 0.3) is 33.4 Å². The number of halogens is 6. The molecule has 4 heterocycles. The van der Waals surface area contributed by atoms with E-state index in [9.17, 15) is 35.9 Å². The minimum atomic E-state index is -4.98. The number of benzene rings is 4. The molecule has 0 saturated carbocycles. The summed E-state index contributed by atoms with van der Waals surface area (Å²) >= 11 is 0. The summed E-state index contributed by atoms with van der Waals surface area (Å²) in [5, 5.41) is 11.8. The summed E-state index contributed by atoms with van der Waals surface area (Å²) in [5.74, 6) is -0.0118. The van der Waals surface area contributed by atoms with E-state index in [0.717, 1.165) is 11.2 Å². The molecule has 1 fully saturated rings. The number of nitrogens with zero attached hydrogens (tertiary/aromatic N) is 4. The maximum absolute atomic E-state index is 13.3. The number of nitrogens with one attached hydrogen (secondary N) is 3. The van der Waals surface area contributed by atoms with Crippen LogP contribution >= 0.6 is 0 Å². The molecule has 0 unspecified atom stereocenters. The summed E-state index contributed by atoms with van der Waals surface area (Å²) in [6.07, 6.45) is -3.56. The van der Waals surface area contributed by atoms with Gasteiger partial charge in [0.1, 0.15) is 5.69 Å². The zero-order valence-electron chi connectivity index (χ0n) is 31.2. The van der Waals surface area contributed by atoms with Crippen molar-refractivity contribution >= 4 is 34.9 Å². The van der Waals surface area contributed by atoms with Gasteiger partial charge in [0.05, 0.1) is 33.7 Å². The molecule has 58 heavy (non-hydrogen) atoms. The number of aromatic amines is 2. The summed E-state index contributed by atoms with van der Waals surface area (Å²) in [6.45, 7) is 8.11. The van der Waals surface area contributed by atoms with Gasteiger partial charge < -0.3 is 24.6 Å². The molecule has 0 amide bonds. The standard InChI is InChI=1S/C25H15F6N5O.C15H19BN2O3/c26-24(27,28)15-11-16(25(29,30)31)13-17(12-15)33-22-20-4-2-1-3-19(20)21(34-35-22)14-5-7-18(8-6-14)36-10-9-32-23(36)37;1-14(2)15(3,4)21-16(20-14)11-5-7-12(8-6-11)18-10-9-17-13(18)19/h1-13H,(H,32,37)(H,33,35);5-10H,1-4H3,(H,17,19). The van der Waals surface area contributed by atoms with Crippen molar-refractivity contribution in [2.75, 3.05) is 5.32 Å². The third kappa shape index (κ3) is 8.06. The number of hydrogen-bond donors (Lipinski definition) is 3. The van der Waals surface area contributed by atoms with Crippen LogP contribution in [0.2, 0.25) is 0 Å². The van der Waals surface area contributed by atoms with Gasteiger partial charge in [0.15, 0.2) is 5.82 Å². The van der Waals surface area contributed by atoms with Gasteiger partial charge in [0.2, 0.25) is 0 Å². The summed E-state index contributed by atoms with van der Waals surface area (Å²) in [7, 11) is -0.382. The van der Waals surface area contributed by atoms with Gasteiger partial charge in [-0.15, -0.1) is 10.2 Å². The molecule has 0 aliphatic carbocycles. The van der Waals surface area contributed by atoms with E-state index < -0.39 is 29.2 Å². The lowest BCUT2D eigenvalue weighted by Gasteiger charge is -2.32. The van der Waals surface area contributed by atoms with E-state index in [1.165, 1.54) is 10.8 Å². The summed E-state index contributed by atoms with van der Waals surface area (Å²) in [6, 6.07) is 22.4. The predicted molar refractivity (Wildman–Crippen MR) is 207 cm³/mol. The van der Waals surface area contributed by atoms with Crippen LogP contribution in [0.15, 0.2) is 125 Å². The van der Waals surface area contributed by atoms with Crippen LogP contribution in [0.4, 0.5) is 37.8 Å². The fourth-order valence-corrected chi connectivity index (χ4v) is 6.17. The second-order valence-electron chi connectivity index (χ2n) is 14.4. The van der Waals surface area contributed by atoms with Crippen molar-refractivity contribution in [2.45, 2.75) is 51.2 Å². The van der Waals surface area contributed by atoms with Crippen LogP contribution < -0.4 is 22.2 Å². The number of alkyl halides is 6. The lowest BCUT2D eigenvalue weighted by atomic mass is 9.79. The van der Waals surface area contributed by atoms with E-state index in [4.69, 9.17) is 9.31 Å². The fraction of sp³-hybridized carbons (Fsp3) is 0.200. The SMILES string of the molecule is CC1(C)OB(c2ccc(-n3cc[nH]c3=O)cc2)OC1(C)C.O=c1[nH]ccn1-c1ccc(-c2nnc(Nc3cc(C(F)(F)F)cc(C(F)(F)F)c3)c3ccccc23)cc1. The lowest BCUT2D eigenvalue weighted by Crippen LogP contribution is -2.41. The van der Waals surface area contributed by atoms with Crippen molar-refractivity contribution in [1.82, 2.24) is 29.3 Å². The first kappa shape index (κ1) is 39.8. The Balaban J connectivity index is 0.000000206. The molecule has 0 spiro atoms. The molecule has 0 atom stereocenters. The maximum Gasteiger partial charge on any atom is 0.494 e. The van der Waals surface area contributed by atoms with Crippen molar-refractivity contribution in [3.05, 3.63) is 148 Å². The van der Waals surface area contributed by atoms with Gasteiger partial charge in [-0.3, -0.25) is 9.13 Å². The first-order valence-corrected chi connectivity index (χ1v) is 17.7. The number of anilines is 2. The van der Waals surface area contributed by atoms with Crippen LogP contribution in [-0.2, 0) is 21.7 Å². The highest BCUT2D eigenvalue weighted by Crippen LogP contribution is 2.39. The Morgan fingerprint density at radius 1 is 0.655 bits per heavy atom. The Morgan fingerprint density at radius 3 is 1.60 bits per heavy atom. The molecule has 1 aliphatic rings. The molecule has 3 N–H and O–H groups in total. The molecular formula is C40H34BF6N7O4. The van der Waals surface area contributed by atoms with Gasteiger partial charge in [-0.25, -0.2) is 9.59 Å². The average Bonchev–Trinajstić information content (AvgIpc) is 3.87. The van der Waals surface area contributed by atoms with Crippen molar-refractivity contribution in [1.29, 1.82) is 0 Å². The minimum Gasteiger partial charge on any atom is -0.399 e. The van der Waals surface area contributed by atoms with E-state index in [1.807, 2.05) is 52.0 Å². The summed E-state index contributed by atoms with van der Waals surface area (Å²) in [4.78, 5) is 28.6. The zero-order valence-corrected chi connectivity index (χ0v) is 31.2. The van der Waals surface area contributed by atoms with Crippen molar-refractivity contribution in [3.8, 4) is 22.6 Å². The third-order valence-electron chi connectivity index (χ3n) is 9.95. The van der Waals surface area contributed by atoms with E-state index in [-0.39, 0.29) is 41.6 Å². The van der Waals surface area contributed by atoms with Crippen LogP contribution in [0.5, 0.6) is 0 Å². The molecule has 11 nitrogen and oxygen atoms in total. The van der Waals surface area contributed by atoms with Crippen molar-refractivity contribution in [3.63, 3.8) is 0 Å². The molecule has 8 rings (SSSR count). The van der Waals surface area contributed by atoms with Gasteiger partial charge in [-0.1, -0.05) is 48.5 Å². The number of aromatic nitrogens is 6. The molecule has 3 aromatic heterocycles. The summed E-state index contributed by atoms with van der Waals surface area (Å²) < 4.78 is 94.6. The van der Waals surface area contributed by atoms with Crippen LogP contribution in [0.1, 0.15) is 38.8 Å². The Hall–Kier alpha value is -6.40. The first-order valence-electron chi connectivity index (χ1n) is 17.7. The highest BCUT2D eigenvalue weighted by Gasteiger charge is 2.51. The lowest BCUT2D eigenvalue weighted by molar-refractivity contribution is -0.143.